The Morgan fingerprint density at radius 2 is 2.15 bits per heavy atom. The van der Waals surface area contributed by atoms with E-state index in [-0.39, 0.29) is 12.0 Å². The van der Waals surface area contributed by atoms with Crippen LogP contribution in [0.2, 0.25) is 0 Å². The molecule has 0 spiro atoms. The van der Waals surface area contributed by atoms with Crippen LogP contribution >= 0.6 is 0 Å². The molecule has 8 heteroatoms. The number of carbonyl (C=O) groups excluding carboxylic acids is 1. The number of ether oxygens (including phenoxy) is 2. The summed E-state index contributed by atoms with van der Waals surface area (Å²) in [5.41, 5.74) is 1.94. The number of aromatic nitrogens is 4. The molecule has 1 unspecified atom stereocenters. The average molecular weight is 365 g/mol. The van der Waals surface area contributed by atoms with Crippen molar-refractivity contribution in [3.05, 3.63) is 54.4 Å². The molecule has 2 aromatic heterocycles. The van der Waals surface area contributed by atoms with Crippen LogP contribution in [0.4, 0.5) is 0 Å². The van der Waals surface area contributed by atoms with Crippen LogP contribution in [0.1, 0.15) is 16.9 Å². The lowest BCUT2D eigenvalue weighted by atomic mass is 10.1. The number of nitrogens with zero attached hydrogens (tertiary/aromatic N) is 4. The van der Waals surface area contributed by atoms with Crippen molar-refractivity contribution in [1.29, 1.82) is 0 Å². The van der Waals surface area contributed by atoms with E-state index >= 15 is 0 Å². The number of nitrogens with one attached hydrogen (secondary N) is 1. The first-order valence-electron chi connectivity index (χ1n) is 8.67. The Kier molecular flexibility index (Phi) is 4.69. The van der Waals surface area contributed by atoms with Crippen LogP contribution in [0.25, 0.3) is 11.3 Å². The van der Waals surface area contributed by atoms with Gasteiger partial charge in [0.2, 0.25) is 5.88 Å². The Hall–Kier alpha value is -3.42. The SMILES string of the molecule is COc1ccccc1-c1cc(C(=O)N2CCC(Oc3cccnn3)C2)[nH]n1. The molecule has 1 atom stereocenters. The van der Waals surface area contributed by atoms with Gasteiger partial charge in [0.05, 0.1) is 19.3 Å². The van der Waals surface area contributed by atoms with Gasteiger partial charge in [0.25, 0.3) is 5.91 Å². The predicted molar refractivity (Wildman–Crippen MR) is 97.5 cm³/mol. The van der Waals surface area contributed by atoms with E-state index in [1.807, 2.05) is 24.3 Å². The summed E-state index contributed by atoms with van der Waals surface area (Å²) in [5.74, 6) is 1.08. The Bertz CT molecular complexity index is 928. The zero-order chi connectivity index (χ0) is 18.6. The number of aromatic amines is 1. The summed E-state index contributed by atoms with van der Waals surface area (Å²) >= 11 is 0. The molecule has 3 aromatic rings. The van der Waals surface area contributed by atoms with Gasteiger partial charge < -0.3 is 14.4 Å². The van der Waals surface area contributed by atoms with Gasteiger partial charge in [0.15, 0.2) is 0 Å². The average Bonchev–Trinajstić information content (AvgIpc) is 3.38. The molecule has 0 bridgehead atoms. The number of carbonyl (C=O) groups is 1. The summed E-state index contributed by atoms with van der Waals surface area (Å²) in [6.45, 7) is 1.12. The van der Waals surface area contributed by atoms with Crippen LogP contribution in [0.5, 0.6) is 11.6 Å². The van der Waals surface area contributed by atoms with Crippen molar-refractivity contribution in [2.24, 2.45) is 0 Å². The Balaban J connectivity index is 1.44. The van der Waals surface area contributed by atoms with Crippen LogP contribution in [0.15, 0.2) is 48.7 Å². The van der Waals surface area contributed by atoms with Crippen LogP contribution in [-0.2, 0) is 0 Å². The molecule has 1 amide bonds. The molecule has 8 nitrogen and oxygen atoms in total. The second-order valence-electron chi connectivity index (χ2n) is 6.21. The van der Waals surface area contributed by atoms with Gasteiger partial charge in [-0.15, -0.1) is 5.10 Å². The molecule has 0 radical (unpaired) electrons. The highest BCUT2D eigenvalue weighted by Gasteiger charge is 2.29. The van der Waals surface area contributed by atoms with E-state index in [4.69, 9.17) is 9.47 Å². The van der Waals surface area contributed by atoms with Gasteiger partial charge in [0.1, 0.15) is 17.5 Å². The number of hydrogen-bond acceptors (Lipinski definition) is 6. The Labute approximate surface area is 156 Å². The molecule has 1 saturated heterocycles. The first-order valence-corrected chi connectivity index (χ1v) is 8.67. The molecule has 1 aliphatic heterocycles. The van der Waals surface area contributed by atoms with Crippen molar-refractivity contribution in [1.82, 2.24) is 25.3 Å². The number of likely N-dealkylation sites (tertiary alicyclic amines) is 1. The van der Waals surface area contributed by atoms with Crippen LogP contribution in [-0.4, -0.2) is 57.5 Å². The number of amides is 1. The van der Waals surface area contributed by atoms with Gasteiger partial charge in [-0.25, -0.2) is 0 Å². The summed E-state index contributed by atoms with van der Waals surface area (Å²) < 4.78 is 11.1. The molecule has 1 aliphatic rings. The van der Waals surface area contributed by atoms with Gasteiger partial charge in [0, 0.05) is 30.8 Å². The van der Waals surface area contributed by atoms with E-state index in [0.717, 1.165) is 12.0 Å². The van der Waals surface area contributed by atoms with Gasteiger partial charge in [-0.1, -0.05) is 12.1 Å². The highest BCUT2D eigenvalue weighted by atomic mass is 16.5. The summed E-state index contributed by atoms with van der Waals surface area (Å²) in [6.07, 6.45) is 2.24. The third-order valence-electron chi connectivity index (χ3n) is 4.46. The van der Waals surface area contributed by atoms with Crippen LogP contribution in [0.3, 0.4) is 0 Å². The maximum absolute atomic E-state index is 12.8. The third-order valence-corrected chi connectivity index (χ3v) is 4.46. The number of benzene rings is 1. The monoisotopic (exact) mass is 365 g/mol. The summed E-state index contributed by atoms with van der Waals surface area (Å²) in [6, 6.07) is 12.8. The maximum atomic E-state index is 12.8. The lowest BCUT2D eigenvalue weighted by molar-refractivity contribution is 0.0765. The Morgan fingerprint density at radius 3 is 2.96 bits per heavy atom. The number of para-hydroxylation sites is 1. The number of methoxy groups -OCH3 is 1. The van der Waals surface area contributed by atoms with Crippen LogP contribution in [0, 0.1) is 0 Å². The number of hydrogen-bond donors (Lipinski definition) is 1. The normalized spacial score (nSPS) is 16.3. The number of H-pyrrole nitrogens is 1. The second-order valence-corrected chi connectivity index (χ2v) is 6.21. The maximum Gasteiger partial charge on any atom is 0.272 e. The fourth-order valence-corrected chi connectivity index (χ4v) is 3.13. The van der Waals surface area contributed by atoms with Gasteiger partial charge in [-0.3, -0.25) is 9.89 Å². The van der Waals surface area contributed by atoms with E-state index in [1.165, 1.54) is 0 Å². The summed E-state index contributed by atoms with van der Waals surface area (Å²) in [5, 5.41) is 14.8. The summed E-state index contributed by atoms with van der Waals surface area (Å²) in [4.78, 5) is 14.5. The highest BCUT2D eigenvalue weighted by molar-refractivity contribution is 5.93. The van der Waals surface area contributed by atoms with Crippen molar-refractivity contribution in [3.8, 4) is 22.9 Å². The fourth-order valence-electron chi connectivity index (χ4n) is 3.13. The standard InChI is InChI=1S/C19H19N5O3/c1-26-17-6-3-2-5-14(17)15-11-16(22-21-15)19(25)24-10-8-13(12-24)27-18-7-4-9-20-23-18/h2-7,9,11,13H,8,10,12H2,1H3,(H,21,22). The molecule has 1 aromatic carbocycles. The summed E-state index contributed by atoms with van der Waals surface area (Å²) in [7, 11) is 1.61. The first-order chi connectivity index (χ1) is 13.2. The van der Waals surface area contributed by atoms with Gasteiger partial charge in [-0.2, -0.15) is 10.2 Å². The minimum atomic E-state index is -0.103. The van der Waals surface area contributed by atoms with Crippen molar-refractivity contribution in [2.45, 2.75) is 12.5 Å². The molecular weight excluding hydrogens is 346 g/mol. The topological polar surface area (TPSA) is 93.2 Å². The second kappa shape index (κ2) is 7.45. The molecule has 4 rings (SSSR count). The van der Waals surface area contributed by atoms with E-state index in [9.17, 15) is 4.79 Å². The van der Waals surface area contributed by atoms with Gasteiger partial charge >= 0.3 is 0 Å². The van der Waals surface area contributed by atoms with Gasteiger partial charge in [-0.05, 0) is 24.3 Å². The van der Waals surface area contributed by atoms with E-state index in [2.05, 4.69) is 20.4 Å². The predicted octanol–water partition coefficient (Wildman–Crippen LogP) is 2.17. The third kappa shape index (κ3) is 3.59. The smallest absolute Gasteiger partial charge is 0.272 e. The molecular formula is C19H19N5O3. The molecule has 0 saturated carbocycles. The van der Waals surface area contributed by atoms with Crippen LogP contribution < -0.4 is 9.47 Å². The minimum absolute atomic E-state index is 0.0951. The van der Waals surface area contributed by atoms with Crippen molar-refractivity contribution < 1.29 is 14.3 Å². The largest absolute Gasteiger partial charge is 0.496 e. The molecule has 1 fully saturated rings. The quantitative estimate of drug-likeness (QED) is 0.745. The molecule has 0 aliphatic carbocycles. The molecule has 1 N–H and O–H groups in total. The molecule has 138 valence electrons. The first kappa shape index (κ1) is 17.0. The minimum Gasteiger partial charge on any atom is -0.496 e. The van der Waals surface area contributed by atoms with Crippen molar-refractivity contribution >= 4 is 5.91 Å². The van der Waals surface area contributed by atoms with Crippen molar-refractivity contribution in [2.75, 3.05) is 20.2 Å². The van der Waals surface area contributed by atoms with E-state index < -0.39 is 0 Å². The fraction of sp³-hybridized carbons (Fsp3) is 0.263. The molecule has 27 heavy (non-hydrogen) atoms. The lowest BCUT2D eigenvalue weighted by Gasteiger charge is -2.15. The zero-order valence-corrected chi connectivity index (χ0v) is 14.8. The number of rotatable bonds is 5. The Morgan fingerprint density at radius 1 is 1.26 bits per heavy atom. The van der Waals surface area contributed by atoms with Crippen molar-refractivity contribution in [3.63, 3.8) is 0 Å². The zero-order valence-electron chi connectivity index (χ0n) is 14.8. The van der Waals surface area contributed by atoms with E-state index in [0.29, 0.717) is 36.1 Å². The molecule has 3 heterocycles. The van der Waals surface area contributed by atoms with E-state index in [1.54, 1.807) is 36.4 Å². The highest BCUT2D eigenvalue weighted by Crippen LogP contribution is 2.28. The lowest BCUT2D eigenvalue weighted by Crippen LogP contribution is -2.31.